The Hall–Kier alpha value is -2.64. The third-order valence-corrected chi connectivity index (χ3v) is 5.46. The van der Waals surface area contributed by atoms with Crippen molar-refractivity contribution in [1.82, 2.24) is 14.7 Å². The minimum absolute atomic E-state index is 0.0133. The largest absolute Gasteiger partial charge is 0.465 e. The number of carbonyl (C=O) groups is 2. The van der Waals surface area contributed by atoms with Gasteiger partial charge in [-0.05, 0) is 51.1 Å². The Morgan fingerprint density at radius 3 is 2.30 bits per heavy atom. The monoisotopic (exact) mass is 412 g/mol. The zero-order chi connectivity index (χ0) is 21.7. The zero-order valence-electron chi connectivity index (χ0n) is 18.4. The molecule has 1 aromatic heterocycles. The SMILES string of the molecule is Cc1ccc(CN(C)CC(=O)N2CCN(CC(=O)Nc3c(C)cccc3C)CC2)o1. The molecule has 1 saturated heterocycles. The van der Waals surface area contributed by atoms with E-state index in [0.29, 0.717) is 45.8 Å². The molecule has 7 heteroatoms. The van der Waals surface area contributed by atoms with E-state index in [9.17, 15) is 9.59 Å². The maximum atomic E-state index is 12.6. The van der Waals surface area contributed by atoms with E-state index >= 15 is 0 Å². The highest BCUT2D eigenvalue weighted by Gasteiger charge is 2.23. The first-order chi connectivity index (χ1) is 14.3. The summed E-state index contributed by atoms with van der Waals surface area (Å²) in [5.74, 6) is 1.84. The lowest BCUT2D eigenvalue weighted by atomic mass is 10.1. The van der Waals surface area contributed by atoms with E-state index in [4.69, 9.17) is 4.42 Å². The zero-order valence-corrected chi connectivity index (χ0v) is 18.4. The molecular formula is C23H32N4O3. The van der Waals surface area contributed by atoms with Gasteiger partial charge in [-0.25, -0.2) is 0 Å². The lowest BCUT2D eigenvalue weighted by molar-refractivity contribution is -0.134. The van der Waals surface area contributed by atoms with Crippen LogP contribution in [0.1, 0.15) is 22.6 Å². The molecule has 0 saturated carbocycles. The number of likely N-dealkylation sites (N-methyl/N-ethyl adjacent to an activating group) is 1. The molecule has 2 aromatic rings. The van der Waals surface area contributed by atoms with Gasteiger partial charge in [-0.1, -0.05) is 18.2 Å². The molecule has 1 aromatic carbocycles. The summed E-state index contributed by atoms with van der Waals surface area (Å²) in [6, 6.07) is 9.86. The van der Waals surface area contributed by atoms with E-state index in [1.54, 1.807) is 0 Å². The molecule has 0 radical (unpaired) electrons. The number of hydrogen-bond donors (Lipinski definition) is 1. The average Bonchev–Trinajstić information content (AvgIpc) is 3.09. The number of amides is 2. The van der Waals surface area contributed by atoms with Crippen molar-refractivity contribution in [2.75, 3.05) is 51.6 Å². The summed E-state index contributed by atoms with van der Waals surface area (Å²) in [7, 11) is 1.92. The predicted octanol–water partition coefficient (Wildman–Crippen LogP) is 2.42. The van der Waals surface area contributed by atoms with Crippen LogP contribution in [0.4, 0.5) is 5.69 Å². The fourth-order valence-electron chi connectivity index (χ4n) is 3.77. The Bertz CT molecular complexity index is 864. The number of piperazine rings is 1. The van der Waals surface area contributed by atoms with E-state index in [1.165, 1.54) is 0 Å². The van der Waals surface area contributed by atoms with Crippen LogP contribution in [0.15, 0.2) is 34.7 Å². The molecule has 1 fully saturated rings. The number of nitrogens with one attached hydrogen (secondary N) is 1. The van der Waals surface area contributed by atoms with Crippen molar-refractivity contribution >= 4 is 17.5 Å². The lowest BCUT2D eigenvalue weighted by Gasteiger charge is -2.35. The first-order valence-electron chi connectivity index (χ1n) is 10.4. The summed E-state index contributed by atoms with van der Waals surface area (Å²) in [5.41, 5.74) is 3.02. The molecule has 1 aliphatic heterocycles. The van der Waals surface area contributed by atoms with Crippen LogP contribution in [0.25, 0.3) is 0 Å². The fraction of sp³-hybridized carbons (Fsp3) is 0.478. The topological polar surface area (TPSA) is 69.0 Å². The standard InChI is InChI=1S/C23H32N4O3/c1-17-6-5-7-18(2)23(17)24-21(28)15-26-10-12-27(13-11-26)22(29)16-25(4)14-20-9-8-19(3)30-20/h5-9H,10-16H2,1-4H3,(H,24,28). The van der Waals surface area contributed by atoms with E-state index < -0.39 is 0 Å². The average molecular weight is 413 g/mol. The van der Waals surface area contributed by atoms with Gasteiger partial charge in [-0.3, -0.25) is 19.4 Å². The number of benzene rings is 1. The van der Waals surface area contributed by atoms with E-state index in [-0.39, 0.29) is 11.8 Å². The van der Waals surface area contributed by atoms with Crippen LogP contribution in [0.5, 0.6) is 0 Å². The molecule has 1 N–H and O–H groups in total. The van der Waals surface area contributed by atoms with Gasteiger partial charge in [0.2, 0.25) is 11.8 Å². The van der Waals surface area contributed by atoms with Crippen molar-refractivity contribution < 1.29 is 14.0 Å². The van der Waals surface area contributed by atoms with Crippen LogP contribution in [-0.4, -0.2) is 72.8 Å². The van der Waals surface area contributed by atoms with Crippen LogP contribution in [0.2, 0.25) is 0 Å². The Morgan fingerprint density at radius 2 is 1.70 bits per heavy atom. The first kappa shape index (κ1) is 22.1. The smallest absolute Gasteiger partial charge is 0.238 e. The van der Waals surface area contributed by atoms with Crippen LogP contribution >= 0.6 is 0 Å². The highest BCUT2D eigenvalue weighted by atomic mass is 16.3. The van der Waals surface area contributed by atoms with Crippen molar-refractivity contribution in [2.45, 2.75) is 27.3 Å². The molecule has 30 heavy (non-hydrogen) atoms. The van der Waals surface area contributed by atoms with Crippen molar-refractivity contribution in [3.8, 4) is 0 Å². The lowest BCUT2D eigenvalue weighted by Crippen LogP contribution is -2.52. The van der Waals surface area contributed by atoms with Gasteiger partial charge in [0.25, 0.3) is 0 Å². The van der Waals surface area contributed by atoms with Crippen molar-refractivity contribution in [3.63, 3.8) is 0 Å². The number of aryl methyl sites for hydroxylation is 3. The third kappa shape index (κ3) is 5.93. The molecule has 0 bridgehead atoms. The number of furan rings is 1. The molecule has 0 atom stereocenters. The molecule has 2 amide bonds. The Morgan fingerprint density at radius 1 is 1.03 bits per heavy atom. The van der Waals surface area contributed by atoms with E-state index in [1.807, 2.05) is 68.0 Å². The summed E-state index contributed by atoms with van der Waals surface area (Å²) in [6.45, 7) is 9.90. The number of para-hydroxylation sites is 1. The number of rotatable bonds is 7. The number of carbonyl (C=O) groups excluding carboxylic acids is 2. The van der Waals surface area contributed by atoms with Crippen LogP contribution in [-0.2, 0) is 16.1 Å². The molecular weight excluding hydrogens is 380 g/mol. The molecule has 162 valence electrons. The molecule has 2 heterocycles. The Kier molecular flexibility index (Phi) is 7.29. The second-order valence-corrected chi connectivity index (χ2v) is 8.16. The van der Waals surface area contributed by atoms with Gasteiger partial charge in [-0.2, -0.15) is 0 Å². The molecule has 0 unspecified atom stereocenters. The van der Waals surface area contributed by atoms with Gasteiger partial charge in [-0.15, -0.1) is 0 Å². The fourth-order valence-corrected chi connectivity index (χ4v) is 3.77. The summed E-state index contributed by atoms with van der Waals surface area (Å²) in [6.07, 6.45) is 0. The van der Waals surface area contributed by atoms with Gasteiger partial charge < -0.3 is 14.6 Å². The highest BCUT2D eigenvalue weighted by Crippen LogP contribution is 2.19. The minimum atomic E-state index is -0.0133. The number of hydrogen-bond acceptors (Lipinski definition) is 5. The minimum Gasteiger partial charge on any atom is -0.465 e. The molecule has 1 aliphatic rings. The van der Waals surface area contributed by atoms with Crippen LogP contribution < -0.4 is 5.32 Å². The van der Waals surface area contributed by atoms with Crippen molar-refractivity contribution in [2.24, 2.45) is 0 Å². The highest BCUT2D eigenvalue weighted by molar-refractivity contribution is 5.93. The molecule has 0 aliphatic carbocycles. The summed E-state index contributed by atoms with van der Waals surface area (Å²) >= 11 is 0. The van der Waals surface area contributed by atoms with Crippen molar-refractivity contribution in [1.29, 1.82) is 0 Å². The van der Waals surface area contributed by atoms with Gasteiger partial charge in [0, 0.05) is 31.9 Å². The maximum Gasteiger partial charge on any atom is 0.238 e. The predicted molar refractivity (Wildman–Crippen MR) is 117 cm³/mol. The maximum absolute atomic E-state index is 12.6. The Labute approximate surface area is 178 Å². The molecule has 7 nitrogen and oxygen atoms in total. The number of anilines is 1. The molecule has 3 rings (SSSR count). The van der Waals surface area contributed by atoms with Gasteiger partial charge in [0.15, 0.2) is 0 Å². The normalized spacial score (nSPS) is 14.9. The van der Waals surface area contributed by atoms with Gasteiger partial charge in [0.1, 0.15) is 11.5 Å². The second-order valence-electron chi connectivity index (χ2n) is 8.16. The van der Waals surface area contributed by atoms with Crippen molar-refractivity contribution in [3.05, 3.63) is 53.0 Å². The van der Waals surface area contributed by atoms with Crippen LogP contribution in [0, 0.1) is 20.8 Å². The first-order valence-corrected chi connectivity index (χ1v) is 10.4. The summed E-state index contributed by atoms with van der Waals surface area (Å²) in [5, 5.41) is 3.03. The second kappa shape index (κ2) is 9.91. The van der Waals surface area contributed by atoms with E-state index in [2.05, 4.69) is 10.2 Å². The van der Waals surface area contributed by atoms with Gasteiger partial charge in [0.05, 0.1) is 19.6 Å². The number of nitrogens with zero attached hydrogens (tertiary/aromatic N) is 3. The Balaban J connectivity index is 1.41. The van der Waals surface area contributed by atoms with Gasteiger partial charge >= 0.3 is 0 Å². The third-order valence-electron chi connectivity index (χ3n) is 5.46. The summed E-state index contributed by atoms with van der Waals surface area (Å²) < 4.78 is 5.58. The van der Waals surface area contributed by atoms with E-state index in [0.717, 1.165) is 28.3 Å². The van der Waals surface area contributed by atoms with Crippen LogP contribution in [0.3, 0.4) is 0 Å². The summed E-state index contributed by atoms with van der Waals surface area (Å²) in [4.78, 5) is 31.0. The molecule has 0 spiro atoms. The quantitative estimate of drug-likeness (QED) is 0.756.